The third-order valence-electron chi connectivity index (χ3n) is 2.48. The molecule has 0 saturated heterocycles. The zero-order chi connectivity index (χ0) is 15.1. The van der Waals surface area contributed by atoms with Gasteiger partial charge in [0.25, 0.3) is 5.89 Å². The molecular formula is C15H11FN2O3. The van der Waals surface area contributed by atoms with E-state index in [0.717, 1.165) is 0 Å². The lowest BCUT2D eigenvalue weighted by molar-refractivity contribution is 0.0697. The van der Waals surface area contributed by atoms with Crippen LogP contribution in [0.2, 0.25) is 0 Å². The molecule has 1 aromatic carbocycles. The van der Waals surface area contributed by atoms with Gasteiger partial charge in [-0.2, -0.15) is 4.98 Å². The zero-order valence-corrected chi connectivity index (χ0v) is 10.8. The Morgan fingerprint density at radius 2 is 1.86 bits per heavy atom. The minimum atomic E-state index is -0.993. The Kier molecular flexibility index (Phi) is 4.76. The van der Waals surface area contributed by atoms with Gasteiger partial charge in [-0.15, -0.1) is 0 Å². The van der Waals surface area contributed by atoms with Crippen molar-refractivity contribution >= 4 is 12.0 Å². The van der Waals surface area contributed by atoms with Crippen molar-refractivity contribution in [1.29, 1.82) is 0 Å². The second kappa shape index (κ2) is 6.95. The van der Waals surface area contributed by atoms with E-state index in [1.807, 2.05) is 0 Å². The normalized spacial score (nSPS) is 11.9. The van der Waals surface area contributed by atoms with Crippen molar-refractivity contribution in [3.63, 3.8) is 0 Å². The van der Waals surface area contributed by atoms with Crippen molar-refractivity contribution in [2.45, 2.75) is 0 Å². The number of nitrogens with zero attached hydrogens (tertiary/aromatic N) is 2. The Bertz CT molecular complexity index is 700. The van der Waals surface area contributed by atoms with Crippen molar-refractivity contribution in [2.24, 2.45) is 0 Å². The monoisotopic (exact) mass is 286 g/mol. The molecule has 0 spiro atoms. The molecule has 106 valence electrons. The van der Waals surface area contributed by atoms with E-state index in [1.165, 1.54) is 24.3 Å². The SMILES string of the molecule is O=C(O)c1ccc(-c2noc(/C=C/C=C\C=C\F)n2)cc1. The number of rotatable bonds is 5. The largest absolute Gasteiger partial charge is 0.478 e. The number of allylic oxidation sites excluding steroid dienone is 4. The zero-order valence-electron chi connectivity index (χ0n) is 10.8. The molecule has 0 saturated carbocycles. The maximum Gasteiger partial charge on any atom is 0.335 e. The Hall–Kier alpha value is -3.02. The maximum atomic E-state index is 11.7. The molecule has 0 aliphatic carbocycles. The molecule has 0 bridgehead atoms. The van der Waals surface area contributed by atoms with Crippen LogP contribution in [-0.2, 0) is 0 Å². The number of carbonyl (C=O) groups is 1. The van der Waals surface area contributed by atoms with E-state index >= 15 is 0 Å². The fourth-order valence-corrected chi connectivity index (χ4v) is 1.49. The molecule has 0 fully saturated rings. The van der Waals surface area contributed by atoms with Crippen molar-refractivity contribution in [2.75, 3.05) is 0 Å². The summed E-state index contributed by atoms with van der Waals surface area (Å²) in [5, 5.41) is 12.6. The van der Waals surface area contributed by atoms with Gasteiger partial charge in [0.05, 0.1) is 11.9 Å². The van der Waals surface area contributed by atoms with Crippen molar-refractivity contribution < 1.29 is 18.8 Å². The first-order valence-corrected chi connectivity index (χ1v) is 5.98. The molecule has 6 heteroatoms. The smallest absolute Gasteiger partial charge is 0.335 e. The predicted molar refractivity (Wildman–Crippen MR) is 75.1 cm³/mol. The Morgan fingerprint density at radius 3 is 2.52 bits per heavy atom. The fourth-order valence-electron chi connectivity index (χ4n) is 1.49. The number of benzene rings is 1. The molecule has 5 nitrogen and oxygen atoms in total. The van der Waals surface area contributed by atoms with Crippen LogP contribution in [0.25, 0.3) is 17.5 Å². The van der Waals surface area contributed by atoms with Crippen LogP contribution in [0, 0.1) is 0 Å². The van der Waals surface area contributed by atoms with E-state index in [0.29, 0.717) is 23.6 Å². The molecule has 1 heterocycles. The van der Waals surface area contributed by atoms with Gasteiger partial charge >= 0.3 is 5.97 Å². The van der Waals surface area contributed by atoms with Gasteiger partial charge in [0.15, 0.2) is 0 Å². The number of aromatic carboxylic acids is 1. The van der Waals surface area contributed by atoms with Crippen LogP contribution in [-0.4, -0.2) is 21.2 Å². The molecule has 1 N–H and O–H groups in total. The van der Waals surface area contributed by atoms with E-state index in [1.54, 1.807) is 30.4 Å². The van der Waals surface area contributed by atoms with Gasteiger partial charge < -0.3 is 9.63 Å². The van der Waals surface area contributed by atoms with Crippen LogP contribution in [0.4, 0.5) is 4.39 Å². The lowest BCUT2D eigenvalue weighted by atomic mass is 10.1. The van der Waals surface area contributed by atoms with Crippen LogP contribution in [0.15, 0.2) is 59.4 Å². The van der Waals surface area contributed by atoms with Gasteiger partial charge in [-0.25, -0.2) is 9.18 Å². The first kappa shape index (κ1) is 14.4. The summed E-state index contributed by atoms with van der Waals surface area (Å²) in [7, 11) is 0. The van der Waals surface area contributed by atoms with E-state index in [9.17, 15) is 9.18 Å². The molecule has 0 aliphatic heterocycles. The van der Waals surface area contributed by atoms with Gasteiger partial charge in [-0.05, 0) is 18.2 Å². The van der Waals surface area contributed by atoms with Crippen LogP contribution >= 0.6 is 0 Å². The van der Waals surface area contributed by atoms with Crippen molar-refractivity contribution in [3.8, 4) is 11.4 Å². The summed E-state index contributed by atoms with van der Waals surface area (Å²) in [6.07, 6.45) is 8.00. The molecule has 21 heavy (non-hydrogen) atoms. The van der Waals surface area contributed by atoms with E-state index in [4.69, 9.17) is 9.63 Å². The maximum absolute atomic E-state index is 11.7. The molecule has 0 amide bonds. The molecule has 0 atom stereocenters. The Labute approximate surface area is 119 Å². The average Bonchev–Trinajstić information content (AvgIpc) is 2.96. The number of carboxylic acid groups (broad SMARTS) is 1. The van der Waals surface area contributed by atoms with Gasteiger partial charge in [0.1, 0.15) is 0 Å². The highest BCUT2D eigenvalue weighted by Gasteiger charge is 2.08. The second-order valence-electron chi connectivity index (χ2n) is 3.90. The fraction of sp³-hybridized carbons (Fsp3) is 0. The summed E-state index contributed by atoms with van der Waals surface area (Å²) in [6.45, 7) is 0. The number of aromatic nitrogens is 2. The first-order valence-electron chi connectivity index (χ1n) is 5.98. The number of halogens is 1. The third-order valence-corrected chi connectivity index (χ3v) is 2.48. The lowest BCUT2D eigenvalue weighted by Gasteiger charge is -1.95. The highest BCUT2D eigenvalue weighted by molar-refractivity contribution is 5.88. The summed E-state index contributed by atoms with van der Waals surface area (Å²) in [6, 6.07) is 6.15. The first-order chi connectivity index (χ1) is 10.2. The van der Waals surface area contributed by atoms with Crippen molar-refractivity contribution in [3.05, 3.63) is 66.4 Å². The standard InChI is InChI=1S/C15H11FN2O3/c16-10-4-2-1-3-5-13-17-14(18-21-13)11-6-8-12(9-7-11)15(19)20/h1-10H,(H,19,20)/b2-1-,5-3+,10-4+. The molecule has 2 rings (SSSR count). The van der Waals surface area contributed by atoms with Crippen LogP contribution in [0.1, 0.15) is 16.2 Å². The summed E-state index contributed by atoms with van der Waals surface area (Å²) in [4.78, 5) is 14.9. The third kappa shape index (κ3) is 3.97. The minimum Gasteiger partial charge on any atom is -0.478 e. The summed E-state index contributed by atoms with van der Waals surface area (Å²) < 4.78 is 16.7. The molecule has 1 aromatic heterocycles. The molecule has 0 aliphatic rings. The molecule has 0 unspecified atom stereocenters. The highest BCUT2D eigenvalue weighted by Crippen LogP contribution is 2.17. The average molecular weight is 286 g/mol. The van der Waals surface area contributed by atoms with Crippen LogP contribution < -0.4 is 0 Å². The van der Waals surface area contributed by atoms with Crippen LogP contribution in [0.3, 0.4) is 0 Å². The number of carboxylic acids is 1. The van der Waals surface area contributed by atoms with E-state index in [-0.39, 0.29) is 5.56 Å². The Balaban J connectivity index is 2.10. The number of hydrogen-bond acceptors (Lipinski definition) is 4. The molecule has 0 radical (unpaired) electrons. The van der Waals surface area contributed by atoms with Gasteiger partial charge in [0.2, 0.25) is 5.82 Å². The topological polar surface area (TPSA) is 76.2 Å². The van der Waals surface area contributed by atoms with Crippen molar-refractivity contribution in [1.82, 2.24) is 10.1 Å². The predicted octanol–water partition coefficient (Wildman–Crippen LogP) is 3.49. The second-order valence-corrected chi connectivity index (χ2v) is 3.90. The lowest BCUT2D eigenvalue weighted by Crippen LogP contribution is -1.95. The summed E-state index contributed by atoms with van der Waals surface area (Å²) in [5.41, 5.74) is 0.840. The summed E-state index contributed by atoms with van der Waals surface area (Å²) >= 11 is 0. The Morgan fingerprint density at radius 1 is 1.14 bits per heavy atom. The quantitative estimate of drug-likeness (QED) is 0.851. The van der Waals surface area contributed by atoms with Gasteiger partial charge in [-0.1, -0.05) is 35.5 Å². The van der Waals surface area contributed by atoms with Gasteiger partial charge in [0, 0.05) is 11.6 Å². The van der Waals surface area contributed by atoms with E-state index in [2.05, 4.69) is 10.1 Å². The van der Waals surface area contributed by atoms with Crippen LogP contribution in [0.5, 0.6) is 0 Å². The molecular weight excluding hydrogens is 275 g/mol. The van der Waals surface area contributed by atoms with Gasteiger partial charge in [-0.3, -0.25) is 0 Å². The minimum absolute atomic E-state index is 0.188. The highest BCUT2D eigenvalue weighted by atomic mass is 19.1. The number of hydrogen-bond donors (Lipinski definition) is 1. The molecule has 2 aromatic rings. The van der Waals surface area contributed by atoms with E-state index < -0.39 is 5.97 Å². The summed E-state index contributed by atoms with van der Waals surface area (Å²) in [5.74, 6) is -0.340.